The van der Waals surface area contributed by atoms with Crippen LogP contribution in [-0.2, 0) is 0 Å². The quantitative estimate of drug-likeness (QED) is 0.726. The van der Waals surface area contributed by atoms with Crippen molar-refractivity contribution in [1.82, 2.24) is 4.90 Å². The Morgan fingerprint density at radius 3 is 2.65 bits per heavy atom. The van der Waals surface area contributed by atoms with E-state index in [2.05, 4.69) is 6.58 Å². The first-order valence-electron chi connectivity index (χ1n) is 5.27. The number of aryl methyl sites for hydroxylation is 1. The molecule has 0 atom stereocenters. The zero-order valence-corrected chi connectivity index (χ0v) is 10.6. The summed E-state index contributed by atoms with van der Waals surface area (Å²) in [5.41, 5.74) is 2.89. The normalized spacial score (nSPS) is 15.8. The summed E-state index contributed by atoms with van der Waals surface area (Å²) < 4.78 is 13.9. The fourth-order valence-corrected chi connectivity index (χ4v) is 1.95. The van der Waals surface area contributed by atoms with Crippen molar-refractivity contribution in [3.8, 4) is 0 Å². The van der Waals surface area contributed by atoms with Gasteiger partial charge in [-0.2, -0.15) is 0 Å². The number of nitrogens with zero attached hydrogens (tertiary/aromatic N) is 1. The molecule has 0 unspecified atom stereocenters. The van der Waals surface area contributed by atoms with Crippen LogP contribution in [0.15, 0.2) is 47.7 Å². The Kier molecular flexibility index (Phi) is 3.07. The largest absolute Gasteiger partial charge is 0.343 e. The standard InChI is InChI=1S/C14H13ClFN/c1-9-4-5-11(13(16)8-9)14-7-6-12(15)10(2)17(14)3/h4-8H,2H2,1,3H3. The molecular formula is C14H13ClFN. The third-order valence-electron chi connectivity index (χ3n) is 2.83. The lowest BCUT2D eigenvalue weighted by Gasteiger charge is -2.27. The predicted molar refractivity (Wildman–Crippen MR) is 70.0 cm³/mol. The molecule has 3 heteroatoms. The van der Waals surface area contributed by atoms with E-state index >= 15 is 0 Å². The molecule has 0 saturated carbocycles. The van der Waals surface area contributed by atoms with Crippen molar-refractivity contribution in [2.24, 2.45) is 0 Å². The maximum Gasteiger partial charge on any atom is 0.132 e. The number of hydrogen-bond acceptors (Lipinski definition) is 1. The van der Waals surface area contributed by atoms with Crippen molar-refractivity contribution >= 4 is 17.3 Å². The second-order valence-corrected chi connectivity index (χ2v) is 4.46. The van der Waals surface area contributed by atoms with Crippen molar-refractivity contribution in [3.05, 3.63) is 64.6 Å². The number of halogens is 2. The summed E-state index contributed by atoms with van der Waals surface area (Å²) in [6.45, 7) is 5.72. The van der Waals surface area contributed by atoms with Crippen LogP contribution < -0.4 is 0 Å². The van der Waals surface area contributed by atoms with Gasteiger partial charge in [0.15, 0.2) is 0 Å². The molecule has 1 aromatic carbocycles. The molecule has 1 aliphatic rings. The predicted octanol–water partition coefficient (Wildman–Crippen LogP) is 4.06. The van der Waals surface area contributed by atoms with Crippen LogP contribution in [0.5, 0.6) is 0 Å². The van der Waals surface area contributed by atoms with E-state index in [0.29, 0.717) is 16.3 Å². The molecule has 0 saturated heterocycles. The lowest BCUT2D eigenvalue weighted by molar-refractivity contribution is 0.584. The molecule has 2 rings (SSSR count). The minimum Gasteiger partial charge on any atom is -0.343 e. The molecule has 0 N–H and O–H groups in total. The summed E-state index contributed by atoms with van der Waals surface area (Å²) in [6.07, 6.45) is 3.53. The molecule has 1 nitrogen and oxygen atoms in total. The van der Waals surface area contributed by atoms with Gasteiger partial charge in [-0.1, -0.05) is 24.2 Å². The Morgan fingerprint density at radius 1 is 1.29 bits per heavy atom. The molecule has 88 valence electrons. The summed E-state index contributed by atoms with van der Waals surface area (Å²) in [6, 6.07) is 5.18. The molecule has 1 aliphatic heterocycles. The second-order valence-electron chi connectivity index (χ2n) is 4.06. The highest BCUT2D eigenvalue weighted by Crippen LogP contribution is 2.31. The lowest BCUT2D eigenvalue weighted by atomic mass is 10.1. The van der Waals surface area contributed by atoms with Gasteiger partial charge in [-0.05, 0) is 36.8 Å². The summed E-state index contributed by atoms with van der Waals surface area (Å²) >= 11 is 5.96. The second kappa shape index (κ2) is 4.38. The van der Waals surface area contributed by atoms with E-state index < -0.39 is 0 Å². The van der Waals surface area contributed by atoms with E-state index in [4.69, 9.17) is 11.6 Å². The molecule has 0 aromatic heterocycles. The summed E-state index contributed by atoms with van der Waals surface area (Å²) in [5.74, 6) is -0.234. The van der Waals surface area contributed by atoms with E-state index in [1.807, 2.05) is 20.0 Å². The van der Waals surface area contributed by atoms with Crippen LogP contribution in [-0.4, -0.2) is 11.9 Å². The summed E-state index contributed by atoms with van der Waals surface area (Å²) in [7, 11) is 1.82. The molecule has 0 fully saturated rings. The van der Waals surface area contributed by atoms with Crippen molar-refractivity contribution < 1.29 is 4.39 Å². The van der Waals surface area contributed by atoms with E-state index in [0.717, 1.165) is 11.3 Å². The summed E-state index contributed by atoms with van der Waals surface area (Å²) in [5, 5.41) is 0.573. The van der Waals surface area contributed by atoms with Gasteiger partial charge >= 0.3 is 0 Å². The molecule has 1 aromatic rings. The Labute approximate surface area is 106 Å². The van der Waals surface area contributed by atoms with Gasteiger partial charge in [-0.3, -0.25) is 0 Å². The Bertz CT molecular complexity index is 543. The molecule has 1 heterocycles. The van der Waals surface area contributed by atoms with Crippen LogP contribution in [0, 0.1) is 12.7 Å². The molecule has 0 amide bonds. The van der Waals surface area contributed by atoms with Crippen molar-refractivity contribution in [1.29, 1.82) is 0 Å². The molecule has 17 heavy (non-hydrogen) atoms. The number of hydrogen-bond donors (Lipinski definition) is 0. The molecule has 0 spiro atoms. The highest BCUT2D eigenvalue weighted by atomic mass is 35.5. The van der Waals surface area contributed by atoms with Crippen molar-refractivity contribution in [2.75, 3.05) is 7.05 Å². The SMILES string of the molecule is C=C1C(Cl)=CC=C(c2ccc(C)cc2F)N1C. The number of rotatable bonds is 1. The molecule has 0 radical (unpaired) electrons. The highest BCUT2D eigenvalue weighted by molar-refractivity contribution is 6.32. The van der Waals surface area contributed by atoms with Gasteiger partial charge in [0.25, 0.3) is 0 Å². The smallest absolute Gasteiger partial charge is 0.132 e. The van der Waals surface area contributed by atoms with Gasteiger partial charge in [0.05, 0.1) is 16.4 Å². The minimum atomic E-state index is -0.234. The average molecular weight is 250 g/mol. The van der Waals surface area contributed by atoms with Crippen LogP contribution >= 0.6 is 11.6 Å². The van der Waals surface area contributed by atoms with Crippen molar-refractivity contribution in [2.45, 2.75) is 6.92 Å². The third-order valence-corrected chi connectivity index (χ3v) is 3.17. The zero-order valence-electron chi connectivity index (χ0n) is 9.80. The zero-order chi connectivity index (χ0) is 12.6. The van der Waals surface area contributed by atoms with Gasteiger partial charge in [0, 0.05) is 12.6 Å². The van der Waals surface area contributed by atoms with Crippen LogP contribution in [0.1, 0.15) is 11.1 Å². The van der Waals surface area contributed by atoms with Crippen LogP contribution in [0.2, 0.25) is 0 Å². The van der Waals surface area contributed by atoms with E-state index in [1.165, 1.54) is 6.07 Å². The first-order valence-corrected chi connectivity index (χ1v) is 5.65. The third kappa shape index (κ3) is 2.13. The monoisotopic (exact) mass is 249 g/mol. The number of allylic oxidation sites excluding steroid dienone is 3. The lowest BCUT2D eigenvalue weighted by Crippen LogP contribution is -2.18. The summed E-state index contributed by atoms with van der Waals surface area (Å²) in [4.78, 5) is 1.79. The maximum atomic E-state index is 13.9. The maximum absolute atomic E-state index is 13.9. The Morgan fingerprint density at radius 2 is 2.00 bits per heavy atom. The van der Waals surface area contributed by atoms with Gasteiger partial charge in [0.1, 0.15) is 5.82 Å². The minimum absolute atomic E-state index is 0.234. The van der Waals surface area contributed by atoms with Crippen LogP contribution in [0.3, 0.4) is 0 Å². The fraction of sp³-hybridized carbons (Fsp3) is 0.143. The van der Waals surface area contributed by atoms with Gasteiger partial charge in [0.2, 0.25) is 0 Å². The molecule has 0 aliphatic carbocycles. The van der Waals surface area contributed by atoms with Crippen LogP contribution in [0.25, 0.3) is 5.70 Å². The topological polar surface area (TPSA) is 3.24 Å². The van der Waals surface area contributed by atoms with E-state index in [9.17, 15) is 4.39 Å². The van der Waals surface area contributed by atoms with Gasteiger partial charge in [-0.25, -0.2) is 4.39 Å². The van der Waals surface area contributed by atoms with Gasteiger partial charge < -0.3 is 4.90 Å². The van der Waals surface area contributed by atoms with Crippen LogP contribution in [0.4, 0.5) is 4.39 Å². The van der Waals surface area contributed by atoms with E-state index in [1.54, 1.807) is 23.1 Å². The highest BCUT2D eigenvalue weighted by Gasteiger charge is 2.18. The Hall–Kier alpha value is -1.54. The first kappa shape index (κ1) is 11.9. The molecule has 0 bridgehead atoms. The first-order chi connectivity index (χ1) is 8.00. The number of likely N-dealkylation sites (N-methyl/N-ethyl adjacent to an activating group) is 1. The average Bonchev–Trinajstić information content (AvgIpc) is 2.28. The Balaban J connectivity index is 2.51. The fourth-order valence-electron chi connectivity index (χ4n) is 1.76. The van der Waals surface area contributed by atoms with Crippen molar-refractivity contribution in [3.63, 3.8) is 0 Å². The van der Waals surface area contributed by atoms with Gasteiger partial charge in [-0.15, -0.1) is 0 Å². The van der Waals surface area contributed by atoms with E-state index in [-0.39, 0.29) is 5.82 Å². The molecular weight excluding hydrogens is 237 g/mol. The number of benzene rings is 1.